The van der Waals surface area contributed by atoms with Crippen LogP contribution in [0.15, 0.2) is 42.7 Å². The first-order valence-electron chi connectivity index (χ1n) is 5.60. The first-order chi connectivity index (χ1) is 8.88. The maximum Gasteiger partial charge on any atom is 0.184 e. The van der Waals surface area contributed by atoms with Crippen LogP contribution in [0.2, 0.25) is 0 Å². The van der Waals surface area contributed by atoms with E-state index >= 15 is 0 Å². The van der Waals surface area contributed by atoms with E-state index in [0.717, 1.165) is 5.56 Å². The van der Waals surface area contributed by atoms with E-state index in [0.29, 0.717) is 22.8 Å². The van der Waals surface area contributed by atoms with Crippen molar-refractivity contribution < 1.29 is 0 Å². The quantitative estimate of drug-likeness (QED) is 0.739. The third-order valence-electron chi connectivity index (χ3n) is 2.60. The Morgan fingerprint density at radius 3 is 2.50 bits per heavy atom. The minimum atomic E-state index is 0.593. The van der Waals surface area contributed by atoms with Crippen LogP contribution in [0.3, 0.4) is 0 Å². The molecule has 0 aliphatic carbocycles. The number of anilines is 1. The molecule has 0 bridgehead atoms. The zero-order valence-corrected chi connectivity index (χ0v) is 9.83. The molecule has 0 saturated heterocycles. The molecule has 0 spiro atoms. The summed E-state index contributed by atoms with van der Waals surface area (Å²) in [6, 6.07) is 9.81. The SMILES string of the molecule is CNc1nc(-c2ccccc2)nc2nccnc12. The van der Waals surface area contributed by atoms with Gasteiger partial charge in [-0.3, -0.25) is 0 Å². The van der Waals surface area contributed by atoms with Crippen LogP contribution in [0.4, 0.5) is 5.82 Å². The fourth-order valence-corrected chi connectivity index (χ4v) is 1.75. The van der Waals surface area contributed by atoms with E-state index in [2.05, 4.69) is 25.3 Å². The third-order valence-corrected chi connectivity index (χ3v) is 2.60. The summed E-state index contributed by atoms with van der Waals surface area (Å²) in [7, 11) is 1.81. The predicted molar refractivity (Wildman–Crippen MR) is 70.1 cm³/mol. The Bertz CT molecular complexity index is 681. The average molecular weight is 237 g/mol. The maximum absolute atomic E-state index is 4.46. The van der Waals surface area contributed by atoms with Gasteiger partial charge in [0, 0.05) is 25.0 Å². The lowest BCUT2D eigenvalue weighted by Gasteiger charge is -2.06. The van der Waals surface area contributed by atoms with E-state index in [4.69, 9.17) is 0 Å². The Kier molecular flexibility index (Phi) is 2.57. The fourth-order valence-electron chi connectivity index (χ4n) is 1.75. The highest BCUT2D eigenvalue weighted by molar-refractivity contribution is 5.83. The molecule has 0 unspecified atom stereocenters. The van der Waals surface area contributed by atoms with E-state index in [1.807, 2.05) is 37.4 Å². The first kappa shape index (κ1) is 10.6. The van der Waals surface area contributed by atoms with Crippen LogP contribution in [0.1, 0.15) is 0 Å². The van der Waals surface area contributed by atoms with Crippen molar-refractivity contribution in [3.05, 3.63) is 42.7 Å². The predicted octanol–water partition coefficient (Wildman–Crippen LogP) is 2.13. The van der Waals surface area contributed by atoms with E-state index in [-0.39, 0.29) is 0 Å². The highest BCUT2D eigenvalue weighted by atomic mass is 15.1. The van der Waals surface area contributed by atoms with Gasteiger partial charge >= 0.3 is 0 Å². The normalized spacial score (nSPS) is 10.5. The van der Waals surface area contributed by atoms with Crippen LogP contribution < -0.4 is 5.32 Å². The highest BCUT2D eigenvalue weighted by Crippen LogP contribution is 2.21. The molecule has 0 atom stereocenters. The Balaban J connectivity index is 2.26. The van der Waals surface area contributed by atoms with Crippen molar-refractivity contribution >= 4 is 17.0 Å². The summed E-state index contributed by atoms with van der Waals surface area (Å²) in [5.41, 5.74) is 2.23. The molecule has 0 amide bonds. The smallest absolute Gasteiger partial charge is 0.184 e. The van der Waals surface area contributed by atoms with Gasteiger partial charge in [-0.1, -0.05) is 30.3 Å². The minimum absolute atomic E-state index is 0.593. The molecular formula is C13H11N5. The summed E-state index contributed by atoms with van der Waals surface area (Å²) >= 11 is 0. The zero-order chi connectivity index (χ0) is 12.4. The third kappa shape index (κ3) is 1.75. The van der Waals surface area contributed by atoms with Gasteiger partial charge in [-0.05, 0) is 0 Å². The molecule has 3 rings (SSSR count). The second kappa shape index (κ2) is 4.37. The molecule has 0 aliphatic rings. The van der Waals surface area contributed by atoms with Crippen LogP contribution >= 0.6 is 0 Å². The Morgan fingerprint density at radius 2 is 1.72 bits per heavy atom. The minimum Gasteiger partial charge on any atom is -0.371 e. The van der Waals surface area contributed by atoms with Gasteiger partial charge in [-0.2, -0.15) is 0 Å². The molecule has 1 aromatic carbocycles. The van der Waals surface area contributed by atoms with Crippen molar-refractivity contribution in [1.29, 1.82) is 0 Å². The monoisotopic (exact) mass is 237 g/mol. The van der Waals surface area contributed by atoms with Crippen LogP contribution in [-0.4, -0.2) is 27.0 Å². The van der Waals surface area contributed by atoms with Crippen molar-refractivity contribution in [2.75, 3.05) is 12.4 Å². The van der Waals surface area contributed by atoms with E-state index < -0.39 is 0 Å². The summed E-state index contributed by atoms with van der Waals surface area (Å²) < 4.78 is 0. The molecule has 3 aromatic rings. The molecule has 5 heteroatoms. The lowest BCUT2D eigenvalue weighted by atomic mass is 10.2. The van der Waals surface area contributed by atoms with Gasteiger partial charge in [0.05, 0.1) is 0 Å². The van der Waals surface area contributed by atoms with Gasteiger partial charge in [0.1, 0.15) is 5.52 Å². The van der Waals surface area contributed by atoms with Gasteiger partial charge in [0.2, 0.25) is 0 Å². The number of rotatable bonds is 2. The number of nitrogens with one attached hydrogen (secondary N) is 1. The van der Waals surface area contributed by atoms with E-state index in [9.17, 15) is 0 Å². The summed E-state index contributed by atoms with van der Waals surface area (Å²) in [4.78, 5) is 17.4. The summed E-state index contributed by atoms with van der Waals surface area (Å²) in [6.07, 6.45) is 3.26. The van der Waals surface area contributed by atoms with E-state index in [1.54, 1.807) is 12.4 Å². The van der Waals surface area contributed by atoms with Crippen molar-refractivity contribution in [2.45, 2.75) is 0 Å². The Hall–Kier alpha value is -2.56. The summed E-state index contributed by atoms with van der Waals surface area (Å²) in [5.74, 6) is 1.33. The fraction of sp³-hybridized carbons (Fsp3) is 0.0769. The Morgan fingerprint density at radius 1 is 0.944 bits per heavy atom. The molecule has 18 heavy (non-hydrogen) atoms. The largest absolute Gasteiger partial charge is 0.371 e. The van der Waals surface area contributed by atoms with Crippen LogP contribution in [-0.2, 0) is 0 Å². The molecule has 88 valence electrons. The second-order valence-corrected chi connectivity index (χ2v) is 3.74. The lowest BCUT2D eigenvalue weighted by molar-refractivity contribution is 1.15. The van der Waals surface area contributed by atoms with Crippen LogP contribution in [0, 0.1) is 0 Å². The molecule has 5 nitrogen and oxygen atoms in total. The first-order valence-corrected chi connectivity index (χ1v) is 5.60. The maximum atomic E-state index is 4.46. The number of hydrogen-bond donors (Lipinski definition) is 1. The van der Waals surface area contributed by atoms with Gasteiger partial charge in [0.25, 0.3) is 0 Å². The van der Waals surface area contributed by atoms with Crippen molar-refractivity contribution in [3.8, 4) is 11.4 Å². The van der Waals surface area contributed by atoms with E-state index in [1.165, 1.54) is 0 Å². The van der Waals surface area contributed by atoms with Gasteiger partial charge in [-0.15, -0.1) is 0 Å². The van der Waals surface area contributed by atoms with Gasteiger partial charge in [0.15, 0.2) is 17.3 Å². The van der Waals surface area contributed by atoms with Crippen molar-refractivity contribution in [3.63, 3.8) is 0 Å². The number of fused-ring (bicyclic) bond motifs is 1. The van der Waals surface area contributed by atoms with Gasteiger partial charge in [-0.25, -0.2) is 19.9 Å². The Labute approximate surface area is 104 Å². The summed E-state index contributed by atoms with van der Waals surface area (Å²) in [5, 5.41) is 3.03. The van der Waals surface area contributed by atoms with Crippen LogP contribution in [0.5, 0.6) is 0 Å². The van der Waals surface area contributed by atoms with Gasteiger partial charge < -0.3 is 5.32 Å². The van der Waals surface area contributed by atoms with Crippen molar-refractivity contribution in [1.82, 2.24) is 19.9 Å². The van der Waals surface area contributed by atoms with Crippen LogP contribution in [0.25, 0.3) is 22.6 Å². The average Bonchev–Trinajstić information content (AvgIpc) is 2.47. The molecule has 0 fully saturated rings. The zero-order valence-electron chi connectivity index (χ0n) is 9.83. The number of hydrogen-bond acceptors (Lipinski definition) is 5. The molecule has 0 radical (unpaired) electrons. The highest BCUT2D eigenvalue weighted by Gasteiger charge is 2.09. The lowest BCUT2D eigenvalue weighted by Crippen LogP contribution is -2.01. The number of aromatic nitrogens is 4. The standard InChI is InChI=1S/C13H11N5/c1-14-12-10-13(16-8-7-15-10)18-11(17-12)9-5-3-2-4-6-9/h2-8H,1H3,(H,14,16,17,18). The molecule has 0 aliphatic heterocycles. The number of benzene rings is 1. The molecular weight excluding hydrogens is 226 g/mol. The number of nitrogens with zero attached hydrogens (tertiary/aromatic N) is 4. The van der Waals surface area contributed by atoms with Crippen molar-refractivity contribution in [2.24, 2.45) is 0 Å². The topological polar surface area (TPSA) is 63.6 Å². The molecule has 0 saturated carbocycles. The second-order valence-electron chi connectivity index (χ2n) is 3.74. The molecule has 2 aromatic heterocycles. The molecule has 1 N–H and O–H groups in total. The summed E-state index contributed by atoms with van der Waals surface area (Å²) in [6.45, 7) is 0. The molecule has 2 heterocycles.